The van der Waals surface area contributed by atoms with Crippen molar-refractivity contribution in [2.75, 3.05) is 20.1 Å². The first-order chi connectivity index (χ1) is 14.6. The van der Waals surface area contributed by atoms with Gasteiger partial charge in [-0.1, -0.05) is 30.3 Å². The molecule has 3 rings (SSSR count). The summed E-state index contributed by atoms with van der Waals surface area (Å²) in [5.74, 6) is -0.582. The van der Waals surface area contributed by atoms with Crippen LogP contribution in [0.5, 0.6) is 5.75 Å². The number of carbonyl (C=O) groups excluding carboxylic acids is 1. The van der Waals surface area contributed by atoms with Gasteiger partial charge in [-0.25, -0.2) is 0 Å². The molecule has 0 aliphatic carbocycles. The van der Waals surface area contributed by atoms with Gasteiger partial charge in [0.2, 0.25) is 0 Å². The largest absolute Gasteiger partial charge is 0.573 e. The number of benzene rings is 2. The van der Waals surface area contributed by atoms with Crippen LogP contribution in [0.15, 0.2) is 48.5 Å². The van der Waals surface area contributed by atoms with Gasteiger partial charge in [0.1, 0.15) is 5.75 Å². The number of rotatable bonds is 6. The highest BCUT2D eigenvalue weighted by atomic mass is 19.4. The summed E-state index contributed by atoms with van der Waals surface area (Å²) in [4.78, 5) is 16.5. The number of amides is 1. The van der Waals surface area contributed by atoms with E-state index in [0.29, 0.717) is 5.56 Å². The van der Waals surface area contributed by atoms with Crippen molar-refractivity contribution in [1.82, 2.24) is 9.80 Å². The Bertz CT molecular complexity index is 876. The minimum Gasteiger partial charge on any atom is -0.405 e. The van der Waals surface area contributed by atoms with Gasteiger partial charge in [0.25, 0.3) is 5.91 Å². The number of halogens is 3. The molecule has 31 heavy (non-hydrogen) atoms. The van der Waals surface area contributed by atoms with Crippen LogP contribution in [0.3, 0.4) is 0 Å². The van der Waals surface area contributed by atoms with E-state index in [4.69, 9.17) is 4.74 Å². The molecule has 5 nitrogen and oxygen atoms in total. The number of hydrogen-bond acceptors (Lipinski definition) is 4. The molecule has 1 heterocycles. The van der Waals surface area contributed by atoms with Crippen LogP contribution >= 0.6 is 0 Å². The molecule has 0 bridgehead atoms. The quantitative estimate of drug-likeness (QED) is 0.670. The van der Waals surface area contributed by atoms with Crippen LogP contribution in [-0.4, -0.2) is 54.4 Å². The maximum Gasteiger partial charge on any atom is 0.573 e. The molecule has 2 atom stereocenters. The summed E-state index contributed by atoms with van der Waals surface area (Å²) in [6, 6.07) is 13.1. The zero-order valence-electron chi connectivity index (χ0n) is 17.9. The van der Waals surface area contributed by atoms with Crippen molar-refractivity contribution in [3.63, 3.8) is 0 Å². The second-order valence-corrected chi connectivity index (χ2v) is 7.97. The molecule has 0 spiro atoms. The van der Waals surface area contributed by atoms with Crippen molar-refractivity contribution < 1.29 is 27.4 Å². The van der Waals surface area contributed by atoms with Crippen LogP contribution in [0, 0.1) is 0 Å². The number of nitrogens with zero attached hydrogens (tertiary/aromatic N) is 2. The van der Waals surface area contributed by atoms with Gasteiger partial charge in [-0.2, -0.15) is 0 Å². The van der Waals surface area contributed by atoms with Crippen molar-refractivity contribution in [3.05, 3.63) is 65.2 Å². The number of ether oxygens (including phenoxy) is 2. The highest BCUT2D eigenvalue weighted by Crippen LogP contribution is 2.27. The summed E-state index contributed by atoms with van der Waals surface area (Å²) < 4.78 is 47.7. The van der Waals surface area contributed by atoms with Gasteiger partial charge in [0, 0.05) is 44.4 Å². The molecule has 2 aromatic carbocycles. The fourth-order valence-corrected chi connectivity index (χ4v) is 3.83. The van der Waals surface area contributed by atoms with Crippen LogP contribution in [0.2, 0.25) is 0 Å². The first-order valence-corrected chi connectivity index (χ1v) is 10.2. The Hall–Kier alpha value is -2.58. The molecule has 1 amide bonds. The molecule has 0 saturated carbocycles. The van der Waals surface area contributed by atoms with Crippen LogP contribution in [-0.2, 0) is 17.8 Å². The monoisotopic (exact) mass is 436 g/mol. The molecular formula is C23H27F3N2O3. The standard InChI is InChI=1S/C23H27F3N2O3/c1-16-12-28(13-17(2)30-16)14-18-8-10-19(11-9-18)22(29)27(3)15-20-6-4-5-7-21(20)31-23(24,25)26/h4-11,16-17H,12-15H2,1-3H3. The molecule has 0 radical (unpaired) electrons. The topological polar surface area (TPSA) is 42.0 Å². The predicted octanol–water partition coefficient (Wildman–Crippen LogP) is 4.47. The fourth-order valence-electron chi connectivity index (χ4n) is 3.83. The van der Waals surface area contributed by atoms with E-state index in [1.807, 2.05) is 12.1 Å². The molecule has 1 saturated heterocycles. The van der Waals surface area contributed by atoms with Gasteiger partial charge < -0.3 is 14.4 Å². The lowest BCUT2D eigenvalue weighted by molar-refractivity contribution is -0.275. The molecular weight excluding hydrogens is 409 g/mol. The summed E-state index contributed by atoms with van der Waals surface area (Å²) in [6.07, 6.45) is -4.42. The molecule has 1 fully saturated rings. The van der Waals surface area contributed by atoms with E-state index in [1.54, 1.807) is 25.2 Å². The SMILES string of the molecule is CC1CN(Cc2ccc(C(=O)N(C)Cc3ccccc3OC(F)(F)F)cc2)CC(C)O1. The Labute approximate surface area is 180 Å². The van der Waals surface area contributed by atoms with E-state index in [2.05, 4.69) is 23.5 Å². The van der Waals surface area contributed by atoms with Gasteiger partial charge in [-0.3, -0.25) is 9.69 Å². The summed E-state index contributed by atoms with van der Waals surface area (Å²) in [5, 5.41) is 0. The highest BCUT2D eigenvalue weighted by molar-refractivity contribution is 5.94. The minimum atomic E-state index is -4.79. The lowest BCUT2D eigenvalue weighted by atomic mass is 10.1. The van der Waals surface area contributed by atoms with Gasteiger partial charge in [0.05, 0.1) is 12.2 Å². The maximum absolute atomic E-state index is 12.8. The van der Waals surface area contributed by atoms with E-state index >= 15 is 0 Å². The lowest BCUT2D eigenvalue weighted by Gasteiger charge is -2.35. The molecule has 2 unspecified atom stereocenters. The van der Waals surface area contributed by atoms with E-state index in [-0.39, 0.29) is 36.0 Å². The van der Waals surface area contributed by atoms with E-state index in [0.717, 1.165) is 25.2 Å². The van der Waals surface area contributed by atoms with Crippen LogP contribution in [0.1, 0.15) is 35.3 Å². The van der Waals surface area contributed by atoms with Crippen molar-refractivity contribution in [1.29, 1.82) is 0 Å². The first kappa shape index (κ1) is 23.1. The average molecular weight is 436 g/mol. The smallest absolute Gasteiger partial charge is 0.405 e. The summed E-state index contributed by atoms with van der Waals surface area (Å²) in [7, 11) is 1.55. The Balaban J connectivity index is 1.63. The maximum atomic E-state index is 12.8. The summed E-state index contributed by atoms with van der Waals surface area (Å²) >= 11 is 0. The molecule has 0 N–H and O–H groups in total. The van der Waals surface area contributed by atoms with E-state index in [1.165, 1.54) is 23.1 Å². The molecule has 1 aliphatic heterocycles. The molecule has 8 heteroatoms. The van der Waals surface area contributed by atoms with E-state index in [9.17, 15) is 18.0 Å². The molecule has 0 aromatic heterocycles. The number of alkyl halides is 3. The van der Waals surface area contributed by atoms with Crippen molar-refractivity contribution in [3.8, 4) is 5.75 Å². The number of hydrogen-bond donors (Lipinski definition) is 0. The number of para-hydroxylation sites is 1. The highest BCUT2D eigenvalue weighted by Gasteiger charge is 2.32. The second kappa shape index (κ2) is 9.70. The normalized spacial score (nSPS) is 19.8. The predicted molar refractivity (Wildman–Crippen MR) is 111 cm³/mol. The third-order valence-electron chi connectivity index (χ3n) is 5.05. The average Bonchev–Trinajstić information content (AvgIpc) is 2.67. The second-order valence-electron chi connectivity index (χ2n) is 7.97. The third-order valence-corrected chi connectivity index (χ3v) is 5.05. The zero-order valence-corrected chi connectivity index (χ0v) is 17.9. The Morgan fingerprint density at radius 2 is 1.71 bits per heavy atom. The molecule has 168 valence electrons. The number of morpholine rings is 1. The van der Waals surface area contributed by atoms with Gasteiger partial charge in [0.15, 0.2) is 0 Å². The zero-order chi connectivity index (χ0) is 22.6. The Kier molecular flexibility index (Phi) is 7.23. The van der Waals surface area contributed by atoms with Gasteiger partial charge >= 0.3 is 6.36 Å². The lowest BCUT2D eigenvalue weighted by Crippen LogP contribution is -2.44. The van der Waals surface area contributed by atoms with Crippen molar-refractivity contribution in [2.24, 2.45) is 0 Å². The van der Waals surface area contributed by atoms with Crippen molar-refractivity contribution >= 4 is 5.91 Å². The van der Waals surface area contributed by atoms with Crippen molar-refractivity contribution in [2.45, 2.75) is 45.5 Å². The summed E-state index contributed by atoms with van der Waals surface area (Å²) in [6.45, 7) is 6.58. The Morgan fingerprint density at radius 1 is 1.10 bits per heavy atom. The molecule has 2 aromatic rings. The summed E-state index contributed by atoms with van der Waals surface area (Å²) in [5.41, 5.74) is 1.84. The van der Waals surface area contributed by atoms with Crippen LogP contribution in [0.4, 0.5) is 13.2 Å². The third kappa shape index (κ3) is 6.70. The van der Waals surface area contributed by atoms with E-state index < -0.39 is 6.36 Å². The first-order valence-electron chi connectivity index (χ1n) is 10.2. The van der Waals surface area contributed by atoms with Gasteiger partial charge in [-0.15, -0.1) is 13.2 Å². The van der Waals surface area contributed by atoms with Crippen LogP contribution < -0.4 is 4.74 Å². The fraction of sp³-hybridized carbons (Fsp3) is 0.435. The molecule has 1 aliphatic rings. The van der Waals surface area contributed by atoms with Gasteiger partial charge in [-0.05, 0) is 37.6 Å². The Morgan fingerprint density at radius 3 is 2.32 bits per heavy atom. The minimum absolute atomic E-state index is 0.00358. The van der Waals surface area contributed by atoms with Crippen LogP contribution in [0.25, 0.3) is 0 Å². The number of carbonyl (C=O) groups is 1.